The third-order valence-electron chi connectivity index (χ3n) is 1.84. The first kappa shape index (κ1) is 12.3. The maximum atomic E-state index is 10.8. The molecule has 82 valence electrons. The minimum absolute atomic E-state index is 0.193. The van der Waals surface area contributed by atoms with Crippen LogP contribution in [0, 0.1) is 3.57 Å². The number of ether oxygens (including phenoxy) is 2. The quantitative estimate of drug-likeness (QED) is 0.475. The fourth-order valence-corrected chi connectivity index (χ4v) is 1.40. The number of hydrogen-bond donors (Lipinski definition) is 0. The molecule has 0 aliphatic carbocycles. The minimum atomic E-state index is -0.193. The average Bonchev–Trinajstić information content (AvgIpc) is 2.26. The molecular formula is C11H13IO3. The smallest absolute Gasteiger partial charge is 0.305 e. The van der Waals surface area contributed by atoms with E-state index >= 15 is 0 Å². The van der Waals surface area contributed by atoms with E-state index in [0.717, 1.165) is 5.75 Å². The van der Waals surface area contributed by atoms with E-state index in [1.165, 1.54) is 10.7 Å². The lowest BCUT2D eigenvalue weighted by molar-refractivity contribution is -0.140. The van der Waals surface area contributed by atoms with Gasteiger partial charge in [0.1, 0.15) is 5.75 Å². The lowest BCUT2D eigenvalue weighted by Crippen LogP contribution is -2.04. The Labute approximate surface area is 103 Å². The predicted molar refractivity (Wildman–Crippen MR) is 65.9 cm³/mol. The first-order chi connectivity index (χ1) is 7.22. The number of carbonyl (C=O) groups is 1. The largest absolute Gasteiger partial charge is 0.494 e. The zero-order valence-electron chi connectivity index (χ0n) is 8.53. The van der Waals surface area contributed by atoms with Gasteiger partial charge in [-0.15, -0.1) is 0 Å². The first-order valence-corrected chi connectivity index (χ1v) is 5.75. The van der Waals surface area contributed by atoms with E-state index < -0.39 is 0 Å². The molecule has 0 atom stereocenters. The van der Waals surface area contributed by atoms with Crippen LogP contribution >= 0.6 is 22.6 Å². The van der Waals surface area contributed by atoms with Gasteiger partial charge in [-0.1, -0.05) is 0 Å². The maximum absolute atomic E-state index is 10.8. The Kier molecular flexibility index (Phi) is 5.45. The Morgan fingerprint density at radius 3 is 2.60 bits per heavy atom. The van der Waals surface area contributed by atoms with Gasteiger partial charge in [0.2, 0.25) is 0 Å². The molecule has 0 aliphatic heterocycles. The van der Waals surface area contributed by atoms with Crippen molar-refractivity contribution in [2.75, 3.05) is 13.7 Å². The van der Waals surface area contributed by atoms with E-state index in [1.807, 2.05) is 24.3 Å². The predicted octanol–water partition coefficient (Wildman–Crippen LogP) is 2.62. The molecule has 0 heterocycles. The van der Waals surface area contributed by atoms with Crippen molar-refractivity contribution in [3.8, 4) is 5.75 Å². The maximum Gasteiger partial charge on any atom is 0.305 e. The highest BCUT2D eigenvalue weighted by Crippen LogP contribution is 2.13. The van der Waals surface area contributed by atoms with Crippen LogP contribution in [0.5, 0.6) is 5.75 Å². The van der Waals surface area contributed by atoms with Crippen molar-refractivity contribution < 1.29 is 14.3 Å². The van der Waals surface area contributed by atoms with Gasteiger partial charge in [-0.05, 0) is 53.3 Å². The standard InChI is InChI=1S/C11H13IO3/c1-14-11(13)3-2-8-15-10-6-4-9(12)5-7-10/h4-7H,2-3,8H2,1H3. The van der Waals surface area contributed by atoms with Gasteiger partial charge in [0.15, 0.2) is 0 Å². The summed E-state index contributed by atoms with van der Waals surface area (Å²) in [5.74, 6) is 0.640. The Morgan fingerprint density at radius 2 is 2.00 bits per heavy atom. The molecular weight excluding hydrogens is 307 g/mol. The molecule has 0 aliphatic rings. The van der Waals surface area contributed by atoms with Gasteiger partial charge in [0.25, 0.3) is 0 Å². The summed E-state index contributed by atoms with van der Waals surface area (Å²) in [6, 6.07) is 7.80. The molecule has 15 heavy (non-hydrogen) atoms. The molecule has 0 fully saturated rings. The van der Waals surface area contributed by atoms with Crippen LogP contribution in [0.4, 0.5) is 0 Å². The van der Waals surface area contributed by atoms with E-state index in [0.29, 0.717) is 19.4 Å². The number of rotatable bonds is 5. The molecule has 0 aromatic heterocycles. The summed E-state index contributed by atoms with van der Waals surface area (Å²) in [4.78, 5) is 10.8. The molecule has 0 amide bonds. The topological polar surface area (TPSA) is 35.5 Å². The van der Waals surface area contributed by atoms with Crippen LogP contribution < -0.4 is 4.74 Å². The van der Waals surface area contributed by atoms with E-state index in [9.17, 15) is 4.79 Å². The van der Waals surface area contributed by atoms with Crippen molar-refractivity contribution in [1.29, 1.82) is 0 Å². The summed E-state index contributed by atoms with van der Waals surface area (Å²) >= 11 is 2.24. The Hall–Kier alpha value is -0.780. The zero-order valence-corrected chi connectivity index (χ0v) is 10.7. The van der Waals surface area contributed by atoms with Crippen LogP contribution in [0.1, 0.15) is 12.8 Å². The van der Waals surface area contributed by atoms with E-state index in [1.54, 1.807) is 0 Å². The molecule has 3 nitrogen and oxygen atoms in total. The Bertz CT molecular complexity index is 308. The lowest BCUT2D eigenvalue weighted by Gasteiger charge is -2.05. The van der Waals surface area contributed by atoms with E-state index in [2.05, 4.69) is 27.3 Å². The molecule has 0 radical (unpaired) electrons. The van der Waals surface area contributed by atoms with Crippen LogP contribution in [0.2, 0.25) is 0 Å². The van der Waals surface area contributed by atoms with E-state index in [4.69, 9.17) is 4.74 Å². The Balaban J connectivity index is 2.20. The second-order valence-electron chi connectivity index (χ2n) is 2.98. The third kappa shape index (κ3) is 5.01. The van der Waals surface area contributed by atoms with Gasteiger partial charge in [-0.2, -0.15) is 0 Å². The van der Waals surface area contributed by atoms with E-state index in [-0.39, 0.29) is 5.97 Å². The first-order valence-electron chi connectivity index (χ1n) is 4.67. The molecule has 1 rings (SSSR count). The molecule has 0 spiro atoms. The number of halogens is 1. The lowest BCUT2D eigenvalue weighted by atomic mass is 10.3. The van der Waals surface area contributed by atoms with Crippen molar-refractivity contribution in [3.63, 3.8) is 0 Å². The SMILES string of the molecule is COC(=O)CCCOc1ccc(I)cc1. The van der Waals surface area contributed by atoms with Gasteiger partial charge >= 0.3 is 5.97 Å². The van der Waals surface area contributed by atoms with Gasteiger partial charge in [0.05, 0.1) is 13.7 Å². The molecule has 0 unspecified atom stereocenters. The van der Waals surface area contributed by atoms with Crippen molar-refractivity contribution in [1.82, 2.24) is 0 Å². The Morgan fingerprint density at radius 1 is 1.33 bits per heavy atom. The number of benzene rings is 1. The molecule has 1 aromatic rings. The highest BCUT2D eigenvalue weighted by atomic mass is 127. The van der Waals surface area contributed by atoms with Crippen molar-refractivity contribution in [3.05, 3.63) is 27.8 Å². The molecule has 0 saturated carbocycles. The van der Waals surface area contributed by atoms with Crippen molar-refractivity contribution in [2.24, 2.45) is 0 Å². The number of hydrogen-bond acceptors (Lipinski definition) is 3. The summed E-state index contributed by atoms with van der Waals surface area (Å²) in [5.41, 5.74) is 0. The molecule has 1 aromatic carbocycles. The van der Waals surface area contributed by atoms with Crippen LogP contribution in [0.25, 0.3) is 0 Å². The van der Waals surface area contributed by atoms with Gasteiger partial charge in [0, 0.05) is 9.99 Å². The number of methoxy groups -OCH3 is 1. The third-order valence-corrected chi connectivity index (χ3v) is 2.55. The summed E-state index contributed by atoms with van der Waals surface area (Å²) in [7, 11) is 1.39. The van der Waals surface area contributed by atoms with Gasteiger partial charge < -0.3 is 9.47 Å². The molecule has 0 N–H and O–H groups in total. The summed E-state index contributed by atoms with van der Waals surface area (Å²) < 4.78 is 11.1. The highest BCUT2D eigenvalue weighted by molar-refractivity contribution is 14.1. The fourth-order valence-electron chi connectivity index (χ4n) is 1.04. The summed E-state index contributed by atoms with van der Waals surface area (Å²) in [6.45, 7) is 0.537. The van der Waals surface area contributed by atoms with Crippen molar-refractivity contribution >= 4 is 28.6 Å². The second-order valence-corrected chi connectivity index (χ2v) is 4.23. The highest BCUT2D eigenvalue weighted by Gasteiger charge is 1.99. The molecule has 4 heteroatoms. The fraction of sp³-hybridized carbons (Fsp3) is 0.364. The van der Waals surface area contributed by atoms with Crippen LogP contribution in [-0.2, 0) is 9.53 Å². The van der Waals surface area contributed by atoms with Crippen LogP contribution in [0.3, 0.4) is 0 Å². The summed E-state index contributed by atoms with van der Waals surface area (Å²) in [6.07, 6.45) is 1.08. The molecule has 0 bridgehead atoms. The van der Waals surface area contributed by atoms with Crippen molar-refractivity contribution in [2.45, 2.75) is 12.8 Å². The number of carbonyl (C=O) groups excluding carboxylic acids is 1. The zero-order chi connectivity index (χ0) is 11.1. The molecule has 0 saturated heterocycles. The second kappa shape index (κ2) is 6.66. The average molecular weight is 320 g/mol. The number of esters is 1. The normalized spacial score (nSPS) is 9.73. The van der Waals surface area contributed by atoms with Gasteiger partial charge in [-0.25, -0.2) is 0 Å². The minimum Gasteiger partial charge on any atom is -0.494 e. The van der Waals surface area contributed by atoms with Crippen LogP contribution in [0.15, 0.2) is 24.3 Å². The monoisotopic (exact) mass is 320 g/mol. The van der Waals surface area contributed by atoms with Crippen LogP contribution in [-0.4, -0.2) is 19.7 Å². The summed E-state index contributed by atoms with van der Waals surface area (Å²) in [5, 5.41) is 0. The van der Waals surface area contributed by atoms with Gasteiger partial charge in [-0.3, -0.25) is 4.79 Å².